The standard InChI is InChI=1S/C25H29NO4/c1-4-7-9-19-14-24(28)30-22-15-20(12-13-21(19)22)29-16-23(27)26-25-17(5-2)10-8-11-18(25)6-3/h8,10-15H,4-7,9,16H2,1-3H3,(H,26,27). The third-order valence-corrected chi connectivity index (χ3v) is 5.23. The molecule has 3 aromatic rings. The minimum atomic E-state index is -0.369. The van der Waals surface area contributed by atoms with Gasteiger partial charge in [-0.3, -0.25) is 4.79 Å². The molecule has 0 atom stereocenters. The van der Waals surface area contributed by atoms with Crippen LogP contribution < -0.4 is 15.7 Å². The Kier molecular flexibility index (Phi) is 7.28. The number of para-hydroxylation sites is 1. The molecule has 0 aliphatic carbocycles. The Morgan fingerprint density at radius 1 is 1.00 bits per heavy atom. The van der Waals surface area contributed by atoms with Gasteiger partial charge in [0.1, 0.15) is 11.3 Å². The van der Waals surface area contributed by atoms with Gasteiger partial charge < -0.3 is 14.5 Å². The van der Waals surface area contributed by atoms with Crippen LogP contribution in [-0.4, -0.2) is 12.5 Å². The van der Waals surface area contributed by atoms with Gasteiger partial charge in [-0.15, -0.1) is 0 Å². The summed E-state index contributed by atoms with van der Waals surface area (Å²) in [6, 6.07) is 13.0. The van der Waals surface area contributed by atoms with Crippen LogP contribution in [0, 0.1) is 0 Å². The molecule has 158 valence electrons. The number of carbonyl (C=O) groups is 1. The smallest absolute Gasteiger partial charge is 0.336 e. The summed E-state index contributed by atoms with van der Waals surface area (Å²) >= 11 is 0. The fourth-order valence-electron chi connectivity index (χ4n) is 3.60. The van der Waals surface area contributed by atoms with Crippen molar-refractivity contribution < 1.29 is 13.9 Å². The topological polar surface area (TPSA) is 68.5 Å². The van der Waals surface area contributed by atoms with Gasteiger partial charge in [0.05, 0.1) is 0 Å². The molecule has 0 fully saturated rings. The molecule has 1 heterocycles. The minimum absolute atomic E-state index is 0.119. The summed E-state index contributed by atoms with van der Waals surface area (Å²) in [5.41, 5.74) is 4.18. The van der Waals surface area contributed by atoms with Crippen molar-refractivity contribution in [3.8, 4) is 5.75 Å². The molecule has 2 aromatic carbocycles. The second kappa shape index (κ2) is 10.1. The number of carbonyl (C=O) groups excluding carboxylic acids is 1. The number of rotatable bonds is 9. The summed E-state index contributed by atoms with van der Waals surface area (Å²) < 4.78 is 11.0. The lowest BCUT2D eigenvalue weighted by Gasteiger charge is -2.15. The maximum absolute atomic E-state index is 12.5. The van der Waals surface area contributed by atoms with Crippen molar-refractivity contribution in [2.75, 3.05) is 11.9 Å². The van der Waals surface area contributed by atoms with Crippen LogP contribution in [0.25, 0.3) is 11.0 Å². The Hall–Kier alpha value is -3.08. The molecule has 0 spiro atoms. The Balaban J connectivity index is 1.73. The first-order valence-corrected chi connectivity index (χ1v) is 10.7. The highest BCUT2D eigenvalue weighted by atomic mass is 16.5. The number of hydrogen-bond donors (Lipinski definition) is 1. The lowest BCUT2D eigenvalue weighted by Crippen LogP contribution is -2.21. The Bertz CT molecular complexity index is 1060. The van der Waals surface area contributed by atoms with Gasteiger partial charge in [0.15, 0.2) is 6.61 Å². The second-order valence-corrected chi connectivity index (χ2v) is 7.35. The van der Waals surface area contributed by atoms with E-state index in [2.05, 4.69) is 26.1 Å². The van der Waals surface area contributed by atoms with Crippen LogP contribution in [-0.2, 0) is 24.1 Å². The Labute approximate surface area is 177 Å². The summed E-state index contributed by atoms with van der Waals surface area (Å²) in [7, 11) is 0. The Morgan fingerprint density at radius 2 is 1.73 bits per heavy atom. The van der Waals surface area contributed by atoms with Crippen molar-refractivity contribution in [2.24, 2.45) is 0 Å². The SMILES string of the molecule is CCCCc1cc(=O)oc2cc(OCC(=O)Nc3c(CC)cccc3CC)ccc12. The van der Waals surface area contributed by atoms with E-state index in [1.54, 1.807) is 12.1 Å². The first kappa shape index (κ1) is 21.6. The van der Waals surface area contributed by atoms with Gasteiger partial charge >= 0.3 is 5.63 Å². The van der Waals surface area contributed by atoms with E-state index in [0.29, 0.717) is 11.3 Å². The maximum Gasteiger partial charge on any atom is 0.336 e. The summed E-state index contributed by atoms with van der Waals surface area (Å²) in [6.45, 7) is 6.14. The van der Waals surface area contributed by atoms with Crippen LogP contribution in [0.5, 0.6) is 5.75 Å². The fourth-order valence-corrected chi connectivity index (χ4v) is 3.60. The van der Waals surface area contributed by atoms with Gasteiger partial charge in [-0.2, -0.15) is 0 Å². The monoisotopic (exact) mass is 407 g/mol. The van der Waals surface area contributed by atoms with E-state index >= 15 is 0 Å². The van der Waals surface area contributed by atoms with E-state index in [0.717, 1.165) is 59.9 Å². The third kappa shape index (κ3) is 5.09. The van der Waals surface area contributed by atoms with Crippen LogP contribution >= 0.6 is 0 Å². The average molecular weight is 408 g/mol. The highest BCUT2D eigenvalue weighted by Crippen LogP contribution is 2.25. The van der Waals surface area contributed by atoms with Gasteiger partial charge in [-0.25, -0.2) is 4.79 Å². The second-order valence-electron chi connectivity index (χ2n) is 7.35. The molecule has 1 N–H and O–H groups in total. The van der Waals surface area contributed by atoms with Gasteiger partial charge in [0.2, 0.25) is 0 Å². The summed E-state index contributed by atoms with van der Waals surface area (Å²) in [6.07, 6.45) is 4.58. The minimum Gasteiger partial charge on any atom is -0.484 e. The van der Waals surface area contributed by atoms with Crippen molar-refractivity contribution >= 4 is 22.6 Å². The molecule has 0 radical (unpaired) electrons. The molecule has 0 aliphatic heterocycles. The van der Waals surface area contributed by atoms with Crippen molar-refractivity contribution in [1.82, 2.24) is 0 Å². The zero-order chi connectivity index (χ0) is 21.5. The molecule has 30 heavy (non-hydrogen) atoms. The number of benzene rings is 2. The van der Waals surface area contributed by atoms with Crippen LogP contribution in [0.15, 0.2) is 51.7 Å². The molecule has 5 heteroatoms. The van der Waals surface area contributed by atoms with E-state index in [1.807, 2.05) is 30.3 Å². The number of anilines is 1. The van der Waals surface area contributed by atoms with Crippen molar-refractivity contribution in [3.63, 3.8) is 0 Å². The normalized spacial score (nSPS) is 10.9. The number of hydrogen-bond acceptors (Lipinski definition) is 4. The number of unbranched alkanes of at least 4 members (excludes halogenated alkanes) is 1. The van der Waals surface area contributed by atoms with Crippen molar-refractivity contribution in [3.05, 3.63) is 69.6 Å². The fraction of sp³-hybridized carbons (Fsp3) is 0.360. The predicted octanol–water partition coefficient (Wildman–Crippen LogP) is 5.28. The highest BCUT2D eigenvalue weighted by Gasteiger charge is 2.12. The van der Waals surface area contributed by atoms with Crippen LogP contribution in [0.1, 0.15) is 50.3 Å². The molecule has 0 saturated heterocycles. The van der Waals surface area contributed by atoms with Crippen LogP contribution in [0.2, 0.25) is 0 Å². The summed E-state index contributed by atoms with van der Waals surface area (Å²) in [4.78, 5) is 24.4. The van der Waals surface area contributed by atoms with Gasteiger partial charge in [-0.1, -0.05) is 45.4 Å². The first-order valence-electron chi connectivity index (χ1n) is 10.7. The molecule has 0 bridgehead atoms. The average Bonchev–Trinajstić information content (AvgIpc) is 2.75. The van der Waals surface area contributed by atoms with Crippen molar-refractivity contribution in [2.45, 2.75) is 52.9 Å². The number of ether oxygens (including phenoxy) is 1. The molecule has 1 amide bonds. The zero-order valence-electron chi connectivity index (χ0n) is 17.9. The van der Waals surface area contributed by atoms with Gasteiger partial charge in [-0.05, 0) is 54.5 Å². The summed E-state index contributed by atoms with van der Waals surface area (Å²) in [5.74, 6) is 0.275. The molecule has 0 aliphatic rings. The van der Waals surface area contributed by atoms with E-state index in [1.165, 1.54) is 0 Å². The lowest BCUT2D eigenvalue weighted by molar-refractivity contribution is -0.118. The molecule has 0 saturated carbocycles. The lowest BCUT2D eigenvalue weighted by atomic mass is 10.0. The maximum atomic E-state index is 12.5. The largest absolute Gasteiger partial charge is 0.484 e. The predicted molar refractivity (Wildman–Crippen MR) is 120 cm³/mol. The number of nitrogens with one attached hydrogen (secondary N) is 1. The molecule has 3 rings (SSSR count). The number of fused-ring (bicyclic) bond motifs is 1. The van der Waals surface area contributed by atoms with E-state index in [4.69, 9.17) is 9.15 Å². The third-order valence-electron chi connectivity index (χ3n) is 5.23. The number of amides is 1. The highest BCUT2D eigenvalue weighted by molar-refractivity contribution is 5.93. The first-order chi connectivity index (χ1) is 14.5. The van der Waals surface area contributed by atoms with E-state index in [-0.39, 0.29) is 18.1 Å². The van der Waals surface area contributed by atoms with E-state index in [9.17, 15) is 9.59 Å². The van der Waals surface area contributed by atoms with Crippen molar-refractivity contribution in [1.29, 1.82) is 0 Å². The van der Waals surface area contributed by atoms with E-state index < -0.39 is 0 Å². The van der Waals surface area contributed by atoms with Crippen LogP contribution in [0.4, 0.5) is 5.69 Å². The molecule has 0 unspecified atom stereocenters. The number of aryl methyl sites for hydroxylation is 3. The Morgan fingerprint density at radius 3 is 2.40 bits per heavy atom. The van der Waals surface area contributed by atoms with Crippen LogP contribution in [0.3, 0.4) is 0 Å². The van der Waals surface area contributed by atoms with Gasteiger partial charge in [0, 0.05) is 23.2 Å². The summed E-state index contributed by atoms with van der Waals surface area (Å²) in [5, 5.41) is 3.90. The molecular weight excluding hydrogens is 378 g/mol. The molecular formula is C25H29NO4. The molecule has 1 aromatic heterocycles. The quantitative estimate of drug-likeness (QED) is 0.490. The zero-order valence-corrected chi connectivity index (χ0v) is 17.9. The van der Waals surface area contributed by atoms with Gasteiger partial charge in [0.25, 0.3) is 5.91 Å². The molecule has 5 nitrogen and oxygen atoms in total.